The van der Waals surface area contributed by atoms with Gasteiger partial charge in [0.2, 0.25) is 11.1 Å². The molecule has 2 heterocycles. The molecule has 0 fully saturated rings. The summed E-state index contributed by atoms with van der Waals surface area (Å²) >= 11 is 4.83. The van der Waals surface area contributed by atoms with Gasteiger partial charge in [-0.25, -0.2) is 9.07 Å². The van der Waals surface area contributed by atoms with Crippen LogP contribution >= 0.6 is 27.7 Å². The zero-order valence-corrected chi connectivity index (χ0v) is 27.6. The molecular weight excluding hydrogens is 669 g/mol. The number of thioether (sulfide) groups is 1. The molecular formula is C35H31BrFN5O3S. The summed E-state index contributed by atoms with van der Waals surface area (Å²) in [6, 6.07) is 28.9. The smallest absolute Gasteiger partial charge is 0.255 e. The van der Waals surface area contributed by atoms with Crippen LogP contribution in [-0.2, 0) is 17.2 Å². The number of carbonyl (C=O) groups is 1. The minimum Gasteiger partial charge on any atom is -0.492 e. The highest BCUT2D eigenvalue weighted by Crippen LogP contribution is 2.38. The highest BCUT2D eigenvalue weighted by atomic mass is 79.9. The summed E-state index contributed by atoms with van der Waals surface area (Å²) in [7, 11) is 0. The van der Waals surface area contributed by atoms with E-state index in [9.17, 15) is 9.18 Å². The van der Waals surface area contributed by atoms with Crippen molar-refractivity contribution in [2.45, 2.75) is 37.4 Å². The molecule has 234 valence electrons. The fourth-order valence-electron chi connectivity index (χ4n) is 5.13. The van der Waals surface area contributed by atoms with E-state index < -0.39 is 6.04 Å². The quantitative estimate of drug-likeness (QED) is 0.134. The Morgan fingerprint density at radius 2 is 1.80 bits per heavy atom. The van der Waals surface area contributed by atoms with Gasteiger partial charge in [-0.3, -0.25) is 4.79 Å². The van der Waals surface area contributed by atoms with Crippen molar-refractivity contribution in [2.75, 3.05) is 17.2 Å². The number of halogens is 2. The number of rotatable bonds is 11. The molecule has 1 amide bonds. The van der Waals surface area contributed by atoms with Gasteiger partial charge >= 0.3 is 0 Å². The van der Waals surface area contributed by atoms with Crippen LogP contribution in [0.1, 0.15) is 36.6 Å². The third-order valence-corrected chi connectivity index (χ3v) is 8.70. The number of carbonyl (C=O) groups excluding carboxylic acids is 1. The Kier molecular flexibility index (Phi) is 9.70. The topological polar surface area (TPSA) is 90.3 Å². The number of amides is 1. The van der Waals surface area contributed by atoms with Crippen molar-refractivity contribution in [3.63, 3.8) is 0 Å². The summed E-state index contributed by atoms with van der Waals surface area (Å²) in [5.41, 5.74) is 4.08. The predicted octanol–water partition coefficient (Wildman–Crippen LogP) is 8.38. The lowest BCUT2D eigenvalue weighted by Gasteiger charge is -2.29. The Labute approximate surface area is 279 Å². The molecule has 1 unspecified atom stereocenters. The fraction of sp³-hybridized carbons (Fsp3) is 0.171. The van der Waals surface area contributed by atoms with Crippen molar-refractivity contribution in [3.8, 4) is 11.5 Å². The first-order valence-electron chi connectivity index (χ1n) is 14.7. The highest BCUT2D eigenvalue weighted by Gasteiger charge is 2.35. The van der Waals surface area contributed by atoms with Crippen molar-refractivity contribution in [1.82, 2.24) is 14.8 Å². The van der Waals surface area contributed by atoms with Crippen LogP contribution in [0.5, 0.6) is 11.5 Å². The van der Waals surface area contributed by atoms with E-state index in [-0.39, 0.29) is 11.7 Å². The lowest BCUT2D eigenvalue weighted by atomic mass is 9.95. The molecule has 46 heavy (non-hydrogen) atoms. The fourth-order valence-corrected chi connectivity index (χ4v) is 6.40. The maximum absolute atomic E-state index is 14.3. The summed E-state index contributed by atoms with van der Waals surface area (Å²) in [6.45, 7) is 4.61. The molecule has 1 atom stereocenters. The molecule has 0 aliphatic carbocycles. The monoisotopic (exact) mass is 699 g/mol. The van der Waals surface area contributed by atoms with Crippen LogP contribution in [0.4, 0.5) is 16.0 Å². The van der Waals surface area contributed by atoms with Crippen LogP contribution in [0.3, 0.4) is 0 Å². The minimum atomic E-state index is -0.607. The van der Waals surface area contributed by atoms with Gasteiger partial charge < -0.3 is 20.1 Å². The van der Waals surface area contributed by atoms with E-state index in [1.54, 1.807) is 28.9 Å². The number of benzene rings is 4. The van der Waals surface area contributed by atoms with Crippen LogP contribution in [0.2, 0.25) is 0 Å². The Balaban J connectivity index is 1.31. The molecule has 0 radical (unpaired) electrons. The van der Waals surface area contributed by atoms with Gasteiger partial charge in [0.25, 0.3) is 5.91 Å². The number of para-hydroxylation sites is 2. The van der Waals surface area contributed by atoms with Gasteiger partial charge in [0.05, 0.1) is 17.9 Å². The SMILES string of the molecule is CCOc1ccccc1NC(=O)C1=C(C)Nc2nc(SCc3ccccc3F)nn2C1c1ccc(OCc2cccc(Br)c2)cc1. The van der Waals surface area contributed by atoms with Crippen molar-refractivity contribution in [1.29, 1.82) is 0 Å². The second-order valence-corrected chi connectivity index (χ2v) is 12.3. The molecule has 4 aromatic carbocycles. The van der Waals surface area contributed by atoms with E-state index in [1.165, 1.54) is 17.8 Å². The van der Waals surface area contributed by atoms with Gasteiger partial charge in [-0.15, -0.1) is 5.10 Å². The number of hydrogen-bond donors (Lipinski definition) is 2. The third-order valence-electron chi connectivity index (χ3n) is 7.32. The number of allylic oxidation sites excluding steroid dienone is 1. The second kappa shape index (κ2) is 14.2. The van der Waals surface area contributed by atoms with Crippen molar-refractivity contribution in [3.05, 3.63) is 135 Å². The van der Waals surface area contributed by atoms with Gasteiger partial charge in [-0.05, 0) is 73.0 Å². The summed E-state index contributed by atoms with van der Waals surface area (Å²) in [5.74, 6) is 1.53. The van der Waals surface area contributed by atoms with Crippen molar-refractivity contribution < 1.29 is 18.7 Å². The van der Waals surface area contributed by atoms with Gasteiger partial charge in [-0.1, -0.05) is 82.3 Å². The lowest BCUT2D eigenvalue weighted by molar-refractivity contribution is -0.113. The first-order valence-corrected chi connectivity index (χ1v) is 16.5. The number of ether oxygens (including phenoxy) is 2. The molecule has 6 rings (SSSR count). The Bertz CT molecular complexity index is 1900. The Hall–Kier alpha value is -4.61. The van der Waals surface area contributed by atoms with E-state index >= 15 is 0 Å². The molecule has 8 nitrogen and oxygen atoms in total. The molecule has 0 saturated heterocycles. The Morgan fingerprint density at radius 3 is 2.59 bits per heavy atom. The van der Waals surface area contributed by atoms with Crippen LogP contribution in [0.25, 0.3) is 0 Å². The van der Waals surface area contributed by atoms with Gasteiger partial charge in [0, 0.05) is 15.9 Å². The number of fused-ring (bicyclic) bond motifs is 1. The summed E-state index contributed by atoms with van der Waals surface area (Å²) < 4.78 is 28.8. The third kappa shape index (κ3) is 7.11. The van der Waals surface area contributed by atoms with E-state index in [4.69, 9.17) is 19.6 Å². The molecule has 11 heteroatoms. The molecule has 2 N–H and O–H groups in total. The van der Waals surface area contributed by atoms with Gasteiger partial charge in [0.1, 0.15) is 30.0 Å². The van der Waals surface area contributed by atoms with Gasteiger partial charge in [0.15, 0.2) is 0 Å². The number of hydrogen-bond acceptors (Lipinski definition) is 7. The average molecular weight is 701 g/mol. The number of aromatic nitrogens is 3. The first-order chi connectivity index (χ1) is 22.4. The second-order valence-electron chi connectivity index (χ2n) is 10.5. The van der Waals surface area contributed by atoms with Crippen molar-refractivity contribution >= 4 is 45.2 Å². The van der Waals surface area contributed by atoms with Crippen molar-refractivity contribution in [2.24, 2.45) is 0 Å². The minimum absolute atomic E-state index is 0.277. The summed E-state index contributed by atoms with van der Waals surface area (Å²) in [6.07, 6.45) is 0. The van der Waals surface area contributed by atoms with Crippen LogP contribution in [0.15, 0.2) is 118 Å². The standard InChI is InChI=1S/C35H31BrFN5O3S/c1-3-44-30-14-7-6-13-29(30)39-33(43)31-22(2)38-34-40-35(46-21-25-10-4-5-12-28(25)37)41-42(34)32(31)24-15-17-27(18-16-24)45-20-23-9-8-11-26(36)19-23/h4-19,32H,3,20-21H2,1-2H3,(H,39,43)(H,38,40,41). The molecule has 0 spiro atoms. The van der Waals surface area contributed by atoms with E-state index in [0.717, 1.165) is 15.6 Å². The van der Waals surface area contributed by atoms with Gasteiger partial charge in [-0.2, -0.15) is 4.98 Å². The number of nitrogens with one attached hydrogen (secondary N) is 2. The molecule has 0 bridgehead atoms. The molecule has 0 saturated carbocycles. The molecule has 1 aliphatic heterocycles. The average Bonchev–Trinajstić information content (AvgIpc) is 3.46. The maximum atomic E-state index is 14.3. The summed E-state index contributed by atoms with van der Waals surface area (Å²) in [4.78, 5) is 18.7. The molecule has 1 aromatic heterocycles. The van der Waals surface area contributed by atoms with Crippen LogP contribution < -0.4 is 20.1 Å². The summed E-state index contributed by atoms with van der Waals surface area (Å²) in [5, 5.41) is 11.6. The predicted molar refractivity (Wildman–Crippen MR) is 182 cm³/mol. The van der Waals surface area contributed by atoms with E-state index in [1.807, 2.05) is 80.6 Å². The highest BCUT2D eigenvalue weighted by molar-refractivity contribution is 9.10. The first kappa shape index (κ1) is 31.4. The zero-order chi connectivity index (χ0) is 32.0. The normalized spacial score (nSPS) is 14.0. The zero-order valence-electron chi connectivity index (χ0n) is 25.2. The largest absolute Gasteiger partial charge is 0.492 e. The van der Waals surface area contributed by atoms with E-state index in [0.29, 0.717) is 64.1 Å². The number of nitrogens with zero attached hydrogens (tertiary/aromatic N) is 3. The Morgan fingerprint density at radius 1 is 1.02 bits per heavy atom. The molecule has 1 aliphatic rings. The number of anilines is 2. The lowest BCUT2D eigenvalue weighted by Crippen LogP contribution is -2.31. The molecule has 5 aromatic rings. The van der Waals surface area contributed by atoms with Crippen LogP contribution in [-0.4, -0.2) is 27.3 Å². The maximum Gasteiger partial charge on any atom is 0.255 e. The van der Waals surface area contributed by atoms with Crippen LogP contribution in [0, 0.1) is 5.82 Å². The van der Waals surface area contributed by atoms with E-state index in [2.05, 4.69) is 26.6 Å².